The highest BCUT2D eigenvalue weighted by molar-refractivity contribution is 5.99. The Bertz CT molecular complexity index is 638. The van der Waals surface area contributed by atoms with E-state index in [9.17, 15) is 19.2 Å². The fourth-order valence-electron chi connectivity index (χ4n) is 1.52. The lowest BCUT2D eigenvalue weighted by atomic mass is 10.2. The summed E-state index contributed by atoms with van der Waals surface area (Å²) in [5.74, 6) is -2.00. The average molecular weight is 333 g/mol. The molecule has 0 bridgehead atoms. The van der Waals surface area contributed by atoms with Crippen LogP contribution in [0.1, 0.15) is 30.6 Å². The van der Waals surface area contributed by atoms with Gasteiger partial charge in [-0.2, -0.15) is 0 Å². The number of carbonyl (C=O) groups excluding carboxylic acids is 4. The van der Waals surface area contributed by atoms with Crippen LogP contribution in [-0.4, -0.2) is 30.3 Å². The van der Waals surface area contributed by atoms with Gasteiger partial charge in [0.15, 0.2) is 0 Å². The van der Waals surface area contributed by atoms with E-state index < -0.39 is 17.8 Å². The van der Waals surface area contributed by atoms with Crippen molar-refractivity contribution in [2.45, 2.75) is 20.3 Å². The van der Waals surface area contributed by atoms with Gasteiger partial charge in [0.05, 0.1) is 6.61 Å². The zero-order chi connectivity index (χ0) is 17.9. The highest BCUT2D eigenvalue weighted by Crippen LogP contribution is 2.09. The van der Waals surface area contributed by atoms with E-state index in [1.165, 1.54) is 12.1 Å². The van der Waals surface area contributed by atoms with Gasteiger partial charge in [0.1, 0.15) is 0 Å². The molecule has 0 atom stereocenters. The minimum Gasteiger partial charge on any atom is -0.463 e. The predicted molar refractivity (Wildman–Crippen MR) is 86.7 cm³/mol. The largest absolute Gasteiger partial charge is 0.463 e. The van der Waals surface area contributed by atoms with Gasteiger partial charge in [0.25, 0.3) is 11.8 Å². The van der Waals surface area contributed by atoms with Crippen LogP contribution in [0.5, 0.6) is 0 Å². The molecule has 8 nitrogen and oxygen atoms in total. The molecule has 0 saturated heterocycles. The molecule has 1 rings (SSSR count). The van der Waals surface area contributed by atoms with Crippen molar-refractivity contribution >= 4 is 29.4 Å². The standard InChI is InChI=1S/C16H19N3O5/c1-3-13(20)17-12-7-5-11(6-8-12)16(23)19-18-14(21)9-10-15(22)24-4-2/h5-10H,3-4H2,1-2H3,(H,17,20)(H,18,21)(H,19,23)/b10-9-. The molecular formula is C16H19N3O5. The molecule has 0 aliphatic rings. The number of anilines is 1. The third-order valence-electron chi connectivity index (χ3n) is 2.71. The van der Waals surface area contributed by atoms with E-state index in [2.05, 4.69) is 20.9 Å². The van der Waals surface area contributed by atoms with Crippen LogP contribution in [0.25, 0.3) is 0 Å². The second-order valence-electron chi connectivity index (χ2n) is 4.51. The van der Waals surface area contributed by atoms with E-state index in [1.54, 1.807) is 26.0 Å². The molecule has 0 unspecified atom stereocenters. The SMILES string of the molecule is CCOC(=O)/C=C\C(=O)NNC(=O)c1ccc(NC(=O)CC)cc1. The lowest BCUT2D eigenvalue weighted by Gasteiger charge is -2.07. The molecule has 0 aliphatic carbocycles. The zero-order valence-corrected chi connectivity index (χ0v) is 13.4. The fraction of sp³-hybridized carbons (Fsp3) is 0.250. The maximum Gasteiger partial charge on any atom is 0.330 e. The van der Waals surface area contributed by atoms with Crippen LogP contribution in [0, 0.1) is 0 Å². The van der Waals surface area contributed by atoms with Crippen molar-refractivity contribution in [3.05, 3.63) is 42.0 Å². The molecule has 0 radical (unpaired) electrons. The number of hydrazine groups is 1. The lowest BCUT2D eigenvalue weighted by Crippen LogP contribution is -2.40. The van der Waals surface area contributed by atoms with Gasteiger partial charge in [-0.3, -0.25) is 25.2 Å². The van der Waals surface area contributed by atoms with Crippen molar-refractivity contribution in [2.24, 2.45) is 0 Å². The molecule has 8 heteroatoms. The van der Waals surface area contributed by atoms with Crippen molar-refractivity contribution in [3.8, 4) is 0 Å². The summed E-state index contributed by atoms with van der Waals surface area (Å²) >= 11 is 0. The van der Waals surface area contributed by atoms with Crippen molar-refractivity contribution in [2.75, 3.05) is 11.9 Å². The summed E-state index contributed by atoms with van der Waals surface area (Å²) in [6.07, 6.45) is 2.26. The van der Waals surface area contributed by atoms with Gasteiger partial charge < -0.3 is 10.1 Å². The van der Waals surface area contributed by atoms with Gasteiger partial charge >= 0.3 is 5.97 Å². The lowest BCUT2D eigenvalue weighted by molar-refractivity contribution is -0.137. The van der Waals surface area contributed by atoms with Crippen LogP contribution in [0.3, 0.4) is 0 Å². The Balaban J connectivity index is 2.49. The minimum atomic E-state index is -0.678. The number of rotatable bonds is 6. The van der Waals surface area contributed by atoms with Crippen LogP contribution < -0.4 is 16.2 Å². The van der Waals surface area contributed by atoms with E-state index in [-0.39, 0.29) is 12.5 Å². The highest BCUT2D eigenvalue weighted by Gasteiger charge is 2.07. The number of amides is 3. The summed E-state index contributed by atoms with van der Waals surface area (Å²) in [6, 6.07) is 6.15. The molecule has 24 heavy (non-hydrogen) atoms. The van der Waals surface area contributed by atoms with Gasteiger partial charge in [-0.25, -0.2) is 4.79 Å². The normalized spacial score (nSPS) is 10.1. The molecule has 0 heterocycles. The van der Waals surface area contributed by atoms with Crippen molar-refractivity contribution in [3.63, 3.8) is 0 Å². The Kier molecular flexibility index (Phi) is 7.69. The quantitative estimate of drug-likeness (QED) is 0.407. The molecule has 3 amide bonds. The third kappa shape index (κ3) is 6.73. The summed E-state index contributed by atoms with van der Waals surface area (Å²) in [7, 11) is 0. The number of benzene rings is 1. The van der Waals surface area contributed by atoms with Crippen molar-refractivity contribution < 1.29 is 23.9 Å². The number of hydrogen-bond donors (Lipinski definition) is 3. The summed E-state index contributed by atoms with van der Waals surface area (Å²) < 4.78 is 4.61. The van der Waals surface area contributed by atoms with Crippen LogP contribution in [0.4, 0.5) is 5.69 Å². The van der Waals surface area contributed by atoms with E-state index in [1.807, 2.05) is 0 Å². The summed E-state index contributed by atoms with van der Waals surface area (Å²) in [4.78, 5) is 45.6. The molecule has 0 aromatic heterocycles. The summed E-state index contributed by atoms with van der Waals surface area (Å²) in [6.45, 7) is 3.58. The topological polar surface area (TPSA) is 114 Å². The first kappa shape index (κ1) is 18.9. The molecule has 0 spiro atoms. The predicted octanol–water partition coefficient (Wildman–Crippen LogP) is 0.915. The molecular weight excluding hydrogens is 314 g/mol. The minimum absolute atomic E-state index is 0.132. The Morgan fingerprint density at radius 1 is 1.00 bits per heavy atom. The molecule has 128 valence electrons. The first-order valence-corrected chi connectivity index (χ1v) is 7.31. The van der Waals surface area contributed by atoms with Crippen molar-refractivity contribution in [1.29, 1.82) is 0 Å². The molecule has 0 saturated carbocycles. The monoisotopic (exact) mass is 333 g/mol. The van der Waals surface area contributed by atoms with Gasteiger partial charge in [-0.05, 0) is 31.2 Å². The van der Waals surface area contributed by atoms with Crippen LogP contribution in [0.2, 0.25) is 0 Å². The van der Waals surface area contributed by atoms with Crippen LogP contribution in [0.15, 0.2) is 36.4 Å². The molecule has 1 aromatic carbocycles. The van der Waals surface area contributed by atoms with E-state index in [0.717, 1.165) is 12.2 Å². The average Bonchev–Trinajstić information content (AvgIpc) is 2.58. The number of hydrogen-bond acceptors (Lipinski definition) is 5. The molecule has 0 fully saturated rings. The Morgan fingerprint density at radius 2 is 1.67 bits per heavy atom. The first-order chi connectivity index (χ1) is 11.5. The second kappa shape index (κ2) is 9.78. The number of nitrogens with one attached hydrogen (secondary N) is 3. The Morgan fingerprint density at radius 3 is 2.25 bits per heavy atom. The van der Waals surface area contributed by atoms with Gasteiger partial charge in [0.2, 0.25) is 5.91 Å². The number of ether oxygens (including phenoxy) is 1. The fourth-order valence-corrected chi connectivity index (χ4v) is 1.52. The zero-order valence-electron chi connectivity index (χ0n) is 13.4. The highest BCUT2D eigenvalue weighted by atomic mass is 16.5. The first-order valence-electron chi connectivity index (χ1n) is 7.31. The molecule has 3 N–H and O–H groups in total. The third-order valence-corrected chi connectivity index (χ3v) is 2.71. The maximum absolute atomic E-state index is 11.9. The van der Waals surface area contributed by atoms with E-state index in [0.29, 0.717) is 17.7 Å². The van der Waals surface area contributed by atoms with Gasteiger partial charge in [-0.1, -0.05) is 6.92 Å². The number of carbonyl (C=O) groups is 4. The van der Waals surface area contributed by atoms with E-state index >= 15 is 0 Å². The molecule has 0 aliphatic heterocycles. The Labute approximate surface area is 139 Å². The second-order valence-corrected chi connectivity index (χ2v) is 4.51. The van der Waals surface area contributed by atoms with Gasteiger partial charge in [-0.15, -0.1) is 0 Å². The Hall–Kier alpha value is -3.16. The summed E-state index contributed by atoms with van der Waals surface area (Å²) in [5, 5.41) is 2.65. The van der Waals surface area contributed by atoms with Crippen molar-refractivity contribution in [1.82, 2.24) is 10.9 Å². The summed E-state index contributed by atoms with van der Waals surface area (Å²) in [5.41, 5.74) is 5.19. The van der Waals surface area contributed by atoms with E-state index in [4.69, 9.17) is 0 Å². The van der Waals surface area contributed by atoms with Crippen LogP contribution >= 0.6 is 0 Å². The maximum atomic E-state index is 11.9. The van der Waals surface area contributed by atoms with Gasteiger partial charge in [0, 0.05) is 29.8 Å². The smallest absolute Gasteiger partial charge is 0.330 e. The molecule has 1 aromatic rings. The van der Waals surface area contributed by atoms with Crippen LogP contribution in [-0.2, 0) is 19.1 Å². The number of esters is 1.